The minimum atomic E-state index is -0.115. The summed E-state index contributed by atoms with van der Waals surface area (Å²) in [6.45, 7) is 1.56. The van der Waals surface area contributed by atoms with Crippen molar-refractivity contribution < 1.29 is 9.59 Å². The van der Waals surface area contributed by atoms with Gasteiger partial charge in [-0.05, 0) is 50.3 Å². The molecular formula is C19H25N3O2. The van der Waals surface area contributed by atoms with Gasteiger partial charge in [0.25, 0.3) is 0 Å². The van der Waals surface area contributed by atoms with Crippen LogP contribution in [0.4, 0.5) is 11.4 Å². The standard InChI is InChI=1S/C19H25N3O2/c23-18-12-22(17-10-4-2-8-15(17)20-18)19(24)13-21-11-5-7-14-6-1-3-9-16(14)21/h2,4,8,10,14,16H,1,3,5-7,9,11-13H2,(H,20,23)/t14-,16+/m1/s1. The van der Waals surface area contributed by atoms with E-state index in [-0.39, 0.29) is 18.4 Å². The van der Waals surface area contributed by atoms with E-state index >= 15 is 0 Å². The van der Waals surface area contributed by atoms with Crippen LogP contribution < -0.4 is 10.2 Å². The van der Waals surface area contributed by atoms with E-state index in [1.165, 1.54) is 38.5 Å². The molecule has 3 aliphatic rings. The first kappa shape index (κ1) is 15.6. The van der Waals surface area contributed by atoms with Crippen molar-refractivity contribution in [3.05, 3.63) is 24.3 Å². The number of para-hydroxylation sites is 2. The van der Waals surface area contributed by atoms with Gasteiger partial charge in [0, 0.05) is 6.04 Å². The van der Waals surface area contributed by atoms with E-state index in [1.807, 2.05) is 24.3 Å². The van der Waals surface area contributed by atoms with Gasteiger partial charge in [-0.15, -0.1) is 0 Å². The molecule has 2 atom stereocenters. The summed E-state index contributed by atoms with van der Waals surface area (Å²) in [5.74, 6) is 0.692. The number of benzene rings is 1. The normalized spacial score (nSPS) is 27.2. The van der Waals surface area contributed by atoms with E-state index in [1.54, 1.807) is 4.90 Å². The average molecular weight is 327 g/mol. The van der Waals surface area contributed by atoms with Crippen LogP contribution in [0.1, 0.15) is 38.5 Å². The van der Waals surface area contributed by atoms with Gasteiger partial charge in [0.05, 0.1) is 17.9 Å². The van der Waals surface area contributed by atoms with Gasteiger partial charge in [0.15, 0.2) is 0 Å². The molecule has 24 heavy (non-hydrogen) atoms. The third-order valence-electron chi connectivity index (χ3n) is 5.77. The summed E-state index contributed by atoms with van der Waals surface area (Å²) in [4.78, 5) is 28.9. The highest BCUT2D eigenvalue weighted by atomic mass is 16.2. The number of likely N-dealkylation sites (tertiary alicyclic amines) is 1. The highest BCUT2D eigenvalue weighted by molar-refractivity contribution is 6.10. The molecule has 2 amide bonds. The van der Waals surface area contributed by atoms with E-state index < -0.39 is 0 Å². The van der Waals surface area contributed by atoms with Crippen molar-refractivity contribution >= 4 is 23.2 Å². The Kier molecular flexibility index (Phi) is 4.27. The minimum Gasteiger partial charge on any atom is -0.323 e. The minimum absolute atomic E-state index is 0.0449. The lowest BCUT2D eigenvalue weighted by atomic mass is 9.78. The number of piperidine rings is 1. The van der Waals surface area contributed by atoms with Crippen molar-refractivity contribution in [2.24, 2.45) is 5.92 Å². The molecule has 5 heteroatoms. The SMILES string of the molecule is O=C1CN(C(=O)CN2CCC[C@H]3CCCC[C@@H]32)c2ccccc2N1. The molecule has 1 aromatic carbocycles. The van der Waals surface area contributed by atoms with Crippen molar-refractivity contribution in [2.45, 2.75) is 44.6 Å². The Bertz CT molecular complexity index is 643. The first-order valence-electron chi connectivity index (χ1n) is 9.15. The summed E-state index contributed by atoms with van der Waals surface area (Å²) in [5.41, 5.74) is 1.55. The Morgan fingerprint density at radius 2 is 1.92 bits per heavy atom. The third kappa shape index (κ3) is 2.93. The van der Waals surface area contributed by atoms with E-state index in [0.29, 0.717) is 12.6 Å². The highest BCUT2D eigenvalue weighted by Crippen LogP contribution is 2.35. The summed E-state index contributed by atoms with van der Waals surface area (Å²) in [7, 11) is 0. The zero-order valence-corrected chi connectivity index (χ0v) is 14.0. The number of carbonyl (C=O) groups excluding carboxylic acids is 2. The molecule has 1 saturated heterocycles. The fraction of sp³-hybridized carbons (Fsp3) is 0.579. The molecule has 1 aliphatic carbocycles. The number of hydrogen-bond acceptors (Lipinski definition) is 3. The second kappa shape index (κ2) is 6.55. The maximum absolute atomic E-state index is 13.0. The molecule has 2 heterocycles. The number of fused-ring (bicyclic) bond motifs is 2. The van der Waals surface area contributed by atoms with Crippen LogP contribution in [0.5, 0.6) is 0 Å². The maximum atomic E-state index is 13.0. The highest BCUT2D eigenvalue weighted by Gasteiger charge is 2.35. The molecule has 5 nitrogen and oxygen atoms in total. The van der Waals surface area contributed by atoms with Crippen LogP contribution in [0, 0.1) is 5.92 Å². The van der Waals surface area contributed by atoms with Gasteiger partial charge in [0.1, 0.15) is 6.54 Å². The molecule has 2 aliphatic heterocycles. The van der Waals surface area contributed by atoms with E-state index in [2.05, 4.69) is 10.2 Å². The number of carbonyl (C=O) groups is 2. The summed E-state index contributed by atoms with van der Waals surface area (Å²) < 4.78 is 0. The number of anilines is 2. The van der Waals surface area contributed by atoms with Gasteiger partial charge in [0.2, 0.25) is 11.8 Å². The number of nitrogens with zero attached hydrogens (tertiary/aromatic N) is 2. The molecule has 0 spiro atoms. The first-order valence-corrected chi connectivity index (χ1v) is 9.15. The summed E-state index contributed by atoms with van der Waals surface area (Å²) in [6.07, 6.45) is 7.64. The number of hydrogen-bond donors (Lipinski definition) is 1. The van der Waals surface area contributed by atoms with Crippen LogP contribution >= 0.6 is 0 Å². The zero-order valence-electron chi connectivity index (χ0n) is 14.0. The molecule has 0 bridgehead atoms. The van der Waals surface area contributed by atoms with E-state index in [0.717, 1.165) is 23.8 Å². The predicted octanol–water partition coefficient (Wildman–Crippen LogP) is 2.63. The van der Waals surface area contributed by atoms with Crippen molar-refractivity contribution in [3.63, 3.8) is 0 Å². The molecule has 1 N–H and O–H groups in total. The fourth-order valence-corrected chi connectivity index (χ4v) is 4.64. The summed E-state index contributed by atoms with van der Waals surface area (Å²) in [5, 5.41) is 2.85. The lowest BCUT2D eigenvalue weighted by molar-refractivity contribution is -0.123. The Morgan fingerprint density at radius 1 is 1.12 bits per heavy atom. The summed E-state index contributed by atoms with van der Waals surface area (Å²) in [6, 6.07) is 8.11. The van der Waals surface area contributed by atoms with Crippen LogP contribution in [0.3, 0.4) is 0 Å². The zero-order chi connectivity index (χ0) is 16.5. The largest absolute Gasteiger partial charge is 0.323 e. The van der Waals surface area contributed by atoms with Crippen LogP contribution in [-0.2, 0) is 9.59 Å². The van der Waals surface area contributed by atoms with Crippen molar-refractivity contribution in [1.82, 2.24) is 4.90 Å². The Hall–Kier alpha value is -1.88. The third-order valence-corrected chi connectivity index (χ3v) is 5.77. The van der Waals surface area contributed by atoms with Gasteiger partial charge in [-0.2, -0.15) is 0 Å². The molecule has 2 fully saturated rings. The Labute approximate surface area is 143 Å². The Morgan fingerprint density at radius 3 is 2.83 bits per heavy atom. The summed E-state index contributed by atoms with van der Waals surface area (Å²) >= 11 is 0. The first-order chi connectivity index (χ1) is 11.7. The predicted molar refractivity (Wildman–Crippen MR) is 94.0 cm³/mol. The van der Waals surface area contributed by atoms with Crippen molar-refractivity contribution in [3.8, 4) is 0 Å². The fourth-order valence-electron chi connectivity index (χ4n) is 4.64. The monoisotopic (exact) mass is 327 g/mol. The lowest BCUT2D eigenvalue weighted by Crippen LogP contribution is -2.52. The smallest absolute Gasteiger partial charge is 0.244 e. The number of nitrogens with one attached hydrogen (secondary N) is 1. The topological polar surface area (TPSA) is 52.7 Å². The van der Waals surface area contributed by atoms with Gasteiger partial charge in [-0.3, -0.25) is 19.4 Å². The van der Waals surface area contributed by atoms with E-state index in [9.17, 15) is 9.59 Å². The van der Waals surface area contributed by atoms with Gasteiger partial charge >= 0.3 is 0 Å². The quantitative estimate of drug-likeness (QED) is 0.908. The number of amides is 2. The van der Waals surface area contributed by atoms with Crippen LogP contribution in [-0.4, -0.2) is 42.4 Å². The van der Waals surface area contributed by atoms with Crippen LogP contribution in [0.25, 0.3) is 0 Å². The van der Waals surface area contributed by atoms with E-state index in [4.69, 9.17) is 0 Å². The number of rotatable bonds is 2. The molecule has 0 radical (unpaired) electrons. The molecule has 0 unspecified atom stereocenters. The molecule has 1 saturated carbocycles. The van der Waals surface area contributed by atoms with Gasteiger partial charge < -0.3 is 5.32 Å². The molecular weight excluding hydrogens is 302 g/mol. The molecule has 0 aromatic heterocycles. The average Bonchev–Trinajstić information content (AvgIpc) is 2.61. The second-order valence-corrected chi connectivity index (χ2v) is 7.27. The lowest BCUT2D eigenvalue weighted by Gasteiger charge is -2.44. The molecule has 1 aromatic rings. The molecule has 128 valence electrons. The van der Waals surface area contributed by atoms with Gasteiger partial charge in [-0.1, -0.05) is 25.0 Å². The Balaban J connectivity index is 1.51. The maximum Gasteiger partial charge on any atom is 0.244 e. The molecule has 4 rings (SSSR count). The van der Waals surface area contributed by atoms with Crippen LogP contribution in [0.15, 0.2) is 24.3 Å². The second-order valence-electron chi connectivity index (χ2n) is 7.27. The van der Waals surface area contributed by atoms with Gasteiger partial charge in [-0.25, -0.2) is 0 Å². The van der Waals surface area contributed by atoms with Crippen molar-refractivity contribution in [2.75, 3.05) is 29.9 Å². The van der Waals surface area contributed by atoms with Crippen molar-refractivity contribution in [1.29, 1.82) is 0 Å². The van der Waals surface area contributed by atoms with Crippen LogP contribution in [0.2, 0.25) is 0 Å².